The number of aliphatic hydroxyl groups excluding tert-OH is 1. The van der Waals surface area contributed by atoms with Gasteiger partial charge in [0, 0.05) is 19.9 Å². The second-order valence-corrected chi connectivity index (χ2v) is 6.22. The van der Waals surface area contributed by atoms with Crippen LogP contribution in [0.15, 0.2) is 28.7 Å². The highest BCUT2D eigenvalue weighted by atomic mass is 79.9. The molecule has 0 radical (unpaired) electrons. The van der Waals surface area contributed by atoms with E-state index in [1.54, 1.807) is 6.07 Å². The maximum absolute atomic E-state index is 13.7. The second kappa shape index (κ2) is 5.06. The molecule has 0 amide bonds. The van der Waals surface area contributed by atoms with Gasteiger partial charge in [-0.05, 0) is 41.1 Å². The topological polar surface area (TPSA) is 20.2 Å². The van der Waals surface area contributed by atoms with Crippen LogP contribution in [0.4, 0.5) is 4.39 Å². The van der Waals surface area contributed by atoms with Crippen LogP contribution >= 0.6 is 38.9 Å². The average Bonchev–Trinajstić information content (AvgIpc) is 2.57. The molecule has 1 nitrogen and oxygen atoms in total. The zero-order chi connectivity index (χ0) is 12.6. The SMILES string of the molecule is Cc1cc(Br)c(C(O)c2ccc(Cl)cc2F)s1. The molecule has 5 heteroatoms. The molecule has 2 aromatic rings. The van der Waals surface area contributed by atoms with E-state index < -0.39 is 11.9 Å². The molecule has 0 spiro atoms. The summed E-state index contributed by atoms with van der Waals surface area (Å²) in [6.45, 7) is 1.93. The van der Waals surface area contributed by atoms with Crippen molar-refractivity contribution in [2.45, 2.75) is 13.0 Å². The van der Waals surface area contributed by atoms with Crippen LogP contribution in [-0.4, -0.2) is 5.11 Å². The third kappa shape index (κ3) is 2.71. The molecule has 0 fully saturated rings. The van der Waals surface area contributed by atoms with Crippen LogP contribution < -0.4 is 0 Å². The molecule has 0 saturated heterocycles. The lowest BCUT2D eigenvalue weighted by Gasteiger charge is -2.11. The van der Waals surface area contributed by atoms with Crippen LogP contribution in [-0.2, 0) is 0 Å². The van der Waals surface area contributed by atoms with Gasteiger partial charge in [-0.3, -0.25) is 0 Å². The van der Waals surface area contributed by atoms with Gasteiger partial charge in [0.2, 0.25) is 0 Å². The number of halogens is 3. The van der Waals surface area contributed by atoms with Gasteiger partial charge in [0.05, 0.1) is 4.88 Å². The first-order valence-electron chi connectivity index (χ1n) is 4.88. The van der Waals surface area contributed by atoms with Crippen molar-refractivity contribution in [2.75, 3.05) is 0 Å². The Balaban J connectivity index is 2.43. The van der Waals surface area contributed by atoms with Crippen LogP contribution in [0.2, 0.25) is 5.02 Å². The average molecular weight is 336 g/mol. The van der Waals surface area contributed by atoms with Crippen molar-refractivity contribution in [3.8, 4) is 0 Å². The summed E-state index contributed by atoms with van der Waals surface area (Å²) in [5.41, 5.74) is 0.233. The lowest BCUT2D eigenvalue weighted by Crippen LogP contribution is -2.01. The summed E-state index contributed by atoms with van der Waals surface area (Å²) in [6, 6.07) is 6.17. The highest BCUT2D eigenvalue weighted by Gasteiger charge is 2.19. The molecule has 0 saturated carbocycles. The summed E-state index contributed by atoms with van der Waals surface area (Å²) in [6.07, 6.45) is -0.972. The molecule has 0 bridgehead atoms. The lowest BCUT2D eigenvalue weighted by molar-refractivity contribution is 0.218. The molecular weight excluding hydrogens is 327 g/mol. The summed E-state index contributed by atoms with van der Waals surface area (Å²) >= 11 is 10.5. The van der Waals surface area contributed by atoms with Gasteiger partial charge in [-0.25, -0.2) is 4.39 Å². The van der Waals surface area contributed by atoms with E-state index in [-0.39, 0.29) is 5.56 Å². The van der Waals surface area contributed by atoms with Crippen LogP contribution in [0.5, 0.6) is 0 Å². The number of aliphatic hydroxyl groups is 1. The van der Waals surface area contributed by atoms with E-state index in [9.17, 15) is 9.50 Å². The molecule has 1 heterocycles. The molecule has 2 rings (SSSR count). The second-order valence-electron chi connectivity index (χ2n) is 3.64. The number of hydrogen-bond donors (Lipinski definition) is 1. The van der Waals surface area contributed by atoms with E-state index in [4.69, 9.17) is 11.6 Å². The predicted octanol–water partition coefficient (Wildman–Crippen LogP) is 4.69. The van der Waals surface area contributed by atoms with Crippen molar-refractivity contribution in [1.29, 1.82) is 0 Å². The van der Waals surface area contributed by atoms with Crippen molar-refractivity contribution in [1.82, 2.24) is 0 Å². The van der Waals surface area contributed by atoms with Crippen molar-refractivity contribution in [3.63, 3.8) is 0 Å². The largest absolute Gasteiger partial charge is 0.383 e. The first-order chi connectivity index (χ1) is 7.99. The highest BCUT2D eigenvalue weighted by molar-refractivity contribution is 9.10. The number of rotatable bonds is 2. The summed E-state index contributed by atoms with van der Waals surface area (Å²) in [5.74, 6) is -0.497. The number of benzene rings is 1. The normalized spacial score (nSPS) is 12.8. The van der Waals surface area contributed by atoms with Gasteiger partial charge in [-0.2, -0.15) is 0 Å². The smallest absolute Gasteiger partial charge is 0.130 e. The Bertz CT molecular complexity index is 555. The summed E-state index contributed by atoms with van der Waals surface area (Å²) in [4.78, 5) is 1.75. The maximum Gasteiger partial charge on any atom is 0.130 e. The van der Waals surface area contributed by atoms with Crippen LogP contribution in [0.1, 0.15) is 21.4 Å². The zero-order valence-corrected chi connectivity index (χ0v) is 12.0. The first-order valence-corrected chi connectivity index (χ1v) is 6.86. The van der Waals surface area contributed by atoms with Gasteiger partial charge in [0.25, 0.3) is 0 Å². The van der Waals surface area contributed by atoms with E-state index in [1.807, 2.05) is 13.0 Å². The Morgan fingerprint density at radius 2 is 2.12 bits per heavy atom. The summed E-state index contributed by atoms with van der Waals surface area (Å²) < 4.78 is 14.5. The molecule has 1 N–H and O–H groups in total. The van der Waals surface area contributed by atoms with Gasteiger partial charge >= 0.3 is 0 Å². The third-order valence-corrected chi connectivity index (χ3v) is 4.60. The molecule has 1 aromatic carbocycles. The van der Waals surface area contributed by atoms with Crippen molar-refractivity contribution in [3.05, 3.63) is 54.9 Å². The number of thiophene rings is 1. The molecule has 0 aliphatic heterocycles. The van der Waals surface area contributed by atoms with Gasteiger partial charge < -0.3 is 5.11 Å². The molecule has 1 unspecified atom stereocenters. The molecule has 90 valence electrons. The van der Waals surface area contributed by atoms with Gasteiger partial charge in [0.1, 0.15) is 11.9 Å². The number of aryl methyl sites for hydroxylation is 1. The third-order valence-electron chi connectivity index (χ3n) is 2.34. The van der Waals surface area contributed by atoms with Crippen LogP contribution in [0.3, 0.4) is 0 Å². The monoisotopic (exact) mass is 334 g/mol. The summed E-state index contributed by atoms with van der Waals surface area (Å²) in [7, 11) is 0. The summed E-state index contributed by atoms with van der Waals surface area (Å²) in [5, 5.41) is 10.5. The first kappa shape index (κ1) is 13.0. The molecule has 1 aromatic heterocycles. The van der Waals surface area contributed by atoms with Crippen LogP contribution in [0.25, 0.3) is 0 Å². The minimum atomic E-state index is -0.972. The van der Waals surface area contributed by atoms with Gasteiger partial charge in [0.15, 0.2) is 0 Å². The Labute approximate surface area is 116 Å². The fourth-order valence-corrected chi connectivity index (χ4v) is 3.58. The molecule has 1 atom stereocenters. The zero-order valence-electron chi connectivity index (χ0n) is 8.88. The van der Waals surface area contributed by atoms with E-state index in [0.717, 1.165) is 9.35 Å². The molecule has 0 aliphatic rings. The molecule has 17 heavy (non-hydrogen) atoms. The Morgan fingerprint density at radius 1 is 1.41 bits per heavy atom. The van der Waals surface area contributed by atoms with E-state index in [2.05, 4.69) is 15.9 Å². The fourth-order valence-electron chi connectivity index (χ4n) is 1.55. The van der Waals surface area contributed by atoms with Crippen molar-refractivity contribution in [2.24, 2.45) is 0 Å². The van der Waals surface area contributed by atoms with Crippen molar-refractivity contribution >= 4 is 38.9 Å². The molecule has 0 aliphatic carbocycles. The van der Waals surface area contributed by atoms with Crippen molar-refractivity contribution < 1.29 is 9.50 Å². The minimum absolute atomic E-state index is 0.233. The van der Waals surface area contributed by atoms with Gasteiger partial charge in [-0.1, -0.05) is 17.7 Å². The predicted molar refractivity (Wildman–Crippen MR) is 72.2 cm³/mol. The lowest BCUT2D eigenvalue weighted by atomic mass is 10.1. The highest BCUT2D eigenvalue weighted by Crippen LogP contribution is 2.36. The Hall–Kier alpha value is -0.420. The molecular formula is C12H9BrClFOS. The standard InChI is InChI=1S/C12H9BrClFOS/c1-6-4-9(13)12(17-6)11(16)8-3-2-7(14)5-10(8)15/h2-5,11,16H,1H3. The van der Waals surface area contributed by atoms with Crippen LogP contribution in [0, 0.1) is 12.7 Å². The van der Waals surface area contributed by atoms with Gasteiger partial charge in [-0.15, -0.1) is 11.3 Å². The minimum Gasteiger partial charge on any atom is -0.383 e. The maximum atomic E-state index is 13.7. The Kier molecular flexibility index (Phi) is 3.88. The number of hydrogen-bond acceptors (Lipinski definition) is 2. The van der Waals surface area contributed by atoms with E-state index in [1.165, 1.54) is 23.5 Å². The Morgan fingerprint density at radius 3 is 2.65 bits per heavy atom. The van der Waals surface area contributed by atoms with E-state index >= 15 is 0 Å². The van der Waals surface area contributed by atoms with E-state index in [0.29, 0.717) is 9.90 Å². The fraction of sp³-hybridized carbons (Fsp3) is 0.167. The quantitative estimate of drug-likeness (QED) is 0.844.